The number of carbonyl (C=O) groups is 1. The first kappa shape index (κ1) is 14.4. The first-order chi connectivity index (χ1) is 11.1. The normalized spacial score (nSPS) is 26.6. The Bertz CT molecular complexity index is 745. The molecule has 2 aliphatic rings. The molecule has 1 heterocycles. The summed E-state index contributed by atoms with van der Waals surface area (Å²) in [6, 6.07) is 5.65. The number of rotatable bonds is 5. The quantitative estimate of drug-likeness (QED) is 0.828. The van der Waals surface area contributed by atoms with E-state index >= 15 is 0 Å². The van der Waals surface area contributed by atoms with Crippen LogP contribution in [0.4, 0.5) is 5.69 Å². The molecule has 6 nitrogen and oxygen atoms in total. The molecule has 0 saturated heterocycles. The van der Waals surface area contributed by atoms with Gasteiger partial charge in [-0.3, -0.25) is 4.79 Å². The van der Waals surface area contributed by atoms with Gasteiger partial charge in [-0.15, -0.1) is 0 Å². The minimum absolute atomic E-state index is 0.153. The van der Waals surface area contributed by atoms with E-state index < -0.39 is 5.60 Å². The van der Waals surface area contributed by atoms with Gasteiger partial charge in [-0.05, 0) is 50.2 Å². The zero-order chi connectivity index (χ0) is 16.0. The first-order valence-electron chi connectivity index (χ1n) is 7.96. The molecule has 2 fully saturated rings. The third-order valence-electron chi connectivity index (χ3n) is 5.04. The molecule has 0 bridgehead atoms. The van der Waals surface area contributed by atoms with Crippen molar-refractivity contribution >= 4 is 12.1 Å². The van der Waals surface area contributed by atoms with Gasteiger partial charge in [0.15, 0.2) is 0 Å². The lowest BCUT2D eigenvalue weighted by atomic mass is 9.68. The molecule has 2 N–H and O–H groups in total. The number of amides is 1. The van der Waals surface area contributed by atoms with E-state index in [0.29, 0.717) is 36.9 Å². The number of aryl methyl sites for hydroxylation is 1. The van der Waals surface area contributed by atoms with E-state index in [1.54, 1.807) is 0 Å². The molecule has 0 radical (unpaired) electrons. The molecule has 2 aliphatic carbocycles. The number of hydrogen-bond acceptors (Lipinski definition) is 5. The molecule has 0 atom stereocenters. The Kier molecular flexibility index (Phi) is 3.23. The number of nitrogens with one attached hydrogen (secondary N) is 1. The van der Waals surface area contributed by atoms with Crippen LogP contribution in [0.25, 0.3) is 11.4 Å². The van der Waals surface area contributed by atoms with Gasteiger partial charge in [0, 0.05) is 17.2 Å². The smallest absolute Gasteiger partial charge is 0.230 e. The van der Waals surface area contributed by atoms with Crippen LogP contribution in [-0.2, 0) is 4.79 Å². The Morgan fingerprint density at radius 3 is 2.87 bits per heavy atom. The van der Waals surface area contributed by atoms with Crippen LogP contribution >= 0.6 is 0 Å². The molecular weight excluding hydrogens is 294 g/mol. The second-order valence-corrected chi connectivity index (χ2v) is 6.73. The third-order valence-corrected chi connectivity index (χ3v) is 5.04. The molecule has 4 rings (SSSR count). The molecule has 2 saturated carbocycles. The molecular formula is C17H19N3O3. The molecule has 0 unspecified atom stereocenters. The van der Waals surface area contributed by atoms with Crippen molar-refractivity contribution < 1.29 is 14.4 Å². The van der Waals surface area contributed by atoms with Gasteiger partial charge in [0.2, 0.25) is 18.1 Å². The molecule has 23 heavy (non-hydrogen) atoms. The minimum atomic E-state index is -0.510. The fourth-order valence-corrected chi connectivity index (χ4v) is 3.42. The summed E-state index contributed by atoms with van der Waals surface area (Å²) >= 11 is 0. The average molecular weight is 313 g/mol. The highest BCUT2D eigenvalue weighted by atomic mass is 16.5. The maximum Gasteiger partial charge on any atom is 0.230 e. The lowest BCUT2D eigenvalue weighted by Gasteiger charge is -2.42. The third kappa shape index (κ3) is 2.53. The van der Waals surface area contributed by atoms with Gasteiger partial charge in [0.05, 0.1) is 5.60 Å². The van der Waals surface area contributed by atoms with Crippen molar-refractivity contribution in [1.29, 1.82) is 0 Å². The highest BCUT2D eigenvalue weighted by molar-refractivity contribution is 5.76. The monoisotopic (exact) mass is 313 g/mol. The van der Waals surface area contributed by atoms with Gasteiger partial charge in [-0.1, -0.05) is 17.3 Å². The first-order valence-corrected chi connectivity index (χ1v) is 7.96. The zero-order valence-corrected chi connectivity index (χ0v) is 13.0. The molecule has 0 aliphatic heterocycles. The average Bonchev–Trinajstić information content (AvgIpc) is 3.25. The molecule has 1 aromatic heterocycles. The summed E-state index contributed by atoms with van der Waals surface area (Å²) in [5.74, 6) is 1.72. The van der Waals surface area contributed by atoms with Crippen LogP contribution in [0.5, 0.6) is 0 Å². The number of hydrogen-bond donors (Lipinski definition) is 2. The van der Waals surface area contributed by atoms with Crippen molar-refractivity contribution in [3.05, 3.63) is 29.7 Å². The van der Waals surface area contributed by atoms with Gasteiger partial charge >= 0.3 is 0 Å². The SMILES string of the molecule is Cc1ccc(-c2noc(C3CC(O)(C4CC4)C3)n2)cc1NC=O. The van der Waals surface area contributed by atoms with E-state index in [-0.39, 0.29) is 5.92 Å². The van der Waals surface area contributed by atoms with Gasteiger partial charge in [0.25, 0.3) is 0 Å². The van der Waals surface area contributed by atoms with Crippen LogP contribution < -0.4 is 5.32 Å². The standard InChI is InChI=1S/C17H19N3O3/c1-10-2-3-11(6-14(10)18-9-21)15-19-16(23-20-15)12-7-17(22,8-12)13-4-5-13/h2-3,6,9,12-13,22H,4-5,7-8H2,1H3,(H,18,21). The number of anilines is 1. The van der Waals surface area contributed by atoms with Crippen LogP contribution in [0.3, 0.4) is 0 Å². The van der Waals surface area contributed by atoms with E-state index in [2.05, 4.69) is 15.5 Å². The van der Waals surface area contributed by atoms with Crippen molar-refractivity contribution in [3.63, 3.8) is 0 Å². The Hall–Kier alpha value is -2.21. The molecule has 1 amide bonds. The molecule has 2 aromatic rings. The van der Waals surface area contributed by atoms with Gasteiger partial charge in [0.1, 0.15) is 0 Å². The second kappa shape index (κ2) is 5.16. The number of benzene rings is 1. The Balaban J connectivity index is 1.52. The number of nitrogens with zero attached hydrogens (tertiary/aromatic N) is 2. The van der Waals surface area contributed by atoms with E-state index in [0.717, 1.165) is 29.7 Å². The van der Waals surface area contributed by atoms with Gasteiger partial charge in [-0.2, -0.15) is 4.98 Å². The number of aliphatic hydroxyl groups is 1. The predicted molar refractivity (Wildman–Crippen MR) is 83.8 cm³/mol. The zero-order valence-electron chi connectivity index (χ0n) is 13.0. The summed E-state index contributed by atoms with van der Waals surface area (Å²) in [5.41, 5.74) is 1.99. The molecule has 1 aromatic carbocycles. The maximum absolute atomic E-state index is 10.7. The molecule has 6 heteroatoms. The van der Waals surface area contributed by atoms with Crippen LogP contribution in [0.2, 0.25) is 0 Å². The second-order valence-electron chi connectivity index (χ2n) is 6.73. The fraction of sp³-hybridized carbons (Fsp3) is 0.471. The summed E-state index contributed by atoms with van der Waals surface area (Å²) in [5, 5.41) is 17.1. The highest BCUT2D eigenvalue weighted by Crippen LogP contribution is 2.55. The van der Waals surface area contributed by atoms with Crippen molar-refractivity contribution in [3.8, 4) is 11.4 Å². The van der Waals surface area contributed by atoms with Crippen molar-refractivity contribution in [2.75, 3.05) is 5.32 Å². The highest BCUT2D eigenvalue weighted by Gasteiger charge is 2.54. The topological polar surface area (TPSA) is 88.2 Å². The number of carbonyl (C=O) groups excluding carboxylic acids is 1. The van der Waals surface area contributed by atoms with Crippen LogP contribution in [-0.4, -0.2) is 27.3 Å². The molecule has 0 spiro atoms. The van der Waals surface area contributed by atoms with Gasteiger partial charge < -0.3 is 14.9 Å². The Morgan fingerprint density at radius 2 is 2.17 bits per heavy atom. The van der Waals surface area contributed by atoms with Crippen molar-refractivity contribution in [2.45, 2.75) is 44.1 Å². The summed E-state index contributed by atoms with van der Waals surface area (Å²) < 4.78 is 5.38. The summed E-state index contributed by atoms with van der Waals surface area (Å²) in [6.07, 6.45) is 4.35. The fourth-order valence-electron chi connectivity index (χ4n) is 3.42. The Morgan fingerprint density at radius 1 is 1.39 bits per heavy atom. The van der Waals surface area contributed by atoms with Gasteiger partial charge in [-0.25, -0.2) is 0 Å². The predicted octanol–water partition coefficient (Wildman–Crippen LogP) is 2.63. The number of aromatic nitrogens is 2. The van der Waals surface area contributed by atoms with E-state index in [9.17, 15) is 9.90 Å². The summed E-state index contributed by atoms with van der Waals surface area (Å²) in [4.78, 5) is 15.1. The lowest BCUT2D eigenvalue weighted by molar-refractivity contribution is -0.105. The van der Waals surface area contributed by atoms with E-state index in [1.807, 2.05) is 25.1 Å². The van der Waals surface area contributed by atoms with Crippen LogP contribution in [0.15, 0.2) is 22.7 Å². The van der Waals surface area contributed by atoms with E-state index in [1.165, 1.54) is 0 Å². The van der Waals surface area contributed by atoms with Crippen LogP contribution in [0, 0.1) is 12.8 Å². The van der Waals surface area contributed by atoms with Crippen molar-refractivity contribution in [1.82, 2.24) is 10.1 Å². The minimum Gasteiger partial charge on any atom is -0.390 e. The Labute approximate surface area is 133 Å². The van der Waals surface area contributed by atoms with Crippen LogP contribution in [0.1, 0.15) is 43.1 Å². The molecule has 120 valence electrons. The summed E-state index contributed by atoms with van der Waals surface area (Å²) in [7, 11) is 0. The maximum atomic E-state index is 10.7. The summed E-state index contributed by atoms with van der Waals surface area (Å²) in [6.45, 7) is 1.92. The van der Waals surface area contributed by atoms with Crippen molar-refractivity contribution in [2.24, 2.45) is 5.92 Å². The largest absolute Gasteiger partial charge is 0.390 e. The lowest BCUT2D eigenvalue weighted by Crippen LogP contribution is -2.44. The van der Waals surface area contributed by atoms with E-state index in [4.69, 9.17) is 4.52 Å².